The molecule has 3 rings (SSSR count). The van der Waals surface area contributed by atoms with Crippen molar-refractivity contribution in [3.05, 3.63) is 88.4 Å². The third-order valence-corrected chi connectivity index (χ3v) is 5.41. The Hall–Kier alpha value is -4.51. The molecule has 38 heavy (non-hydrogen) atoms. The second-order valence-corrected chi connectivity index (χ2v) is 8.50. The van der Waals surface area contributed by atoms with Gasteiger partial charge in [-0.15, -0.1) is 0 Å². The molecule has 3 aromatic carbocycles. The summed E-state index contributed by atoms with van der Waals surface area (Å²) in [6.07, 6.45) is 0. The van der Waals surface area contributed by atoms with Crippen LogP contribution in [-0.4, -0.2) is 42.7 Å². The van der Waals surface area contributed by atoms with E-state index in [0.29, 0.717) is 28.2 Å². The molecule has 0 aliphatic heterocycles. The fourth-order valence-corrected chi connectivity index (χ4v) is 3.30. The summed E-state index contributed by atoms with van der Waals surface area (Å²) in [4.78, 5) is 49.8. The lowest BCUT2D eigenvalue weighted by Crippen LogP contribution is -2.35. The van der Waals surface area contributed by atoms with E-state index in [9.17, 15) is 19.2 Å². The number of rotatable bonds is 10. The number of nitrogens with zero attached hydrogens (tertiary/aromatic N) is 1. The van der Waals surface area contributed by atoms with Crippen molar-refractivity contribution in [2.24, 2.45) is 5.10 Å². The van der Waals surface area contributed by atoms with Crippen molar-refractivity contribution in [1.29, 1.82) is 0 Å². The SMILES string of the molecule is CCOC(=O)c1ccc(NC(=O)C(=NNc2ccc(Br)cc2)C(=O)Nc2ccc(C(=O)OCC)cc2)cc1. The lowest BCUT2D eigenvalue weighted by Gasteiger charge is -2.11. The van der Waals surface area contributed by atoms with Crippen LogP contribution in [0.4, 0.5) is 17.1 Å². The summed E-state index contributed by atoms with van der Waals surface area (Å²) in [6, 6.07) is 19.0. The summed E-state index contributed by atoms with van der Waals surface area (Å²) in [5.41, 5.74) is 4.10. The van der Waals surface area contributed by atoms with Crippen molar-refractivity contribution < 1.29 is 28.7 Å². The van der Waals surface area contributed by atoms with Crippen molar-refractivity contribution >= 4 is 62.5 Å². The van der Waals surface area contributed by atoms with Crippen LogP contribution in [0.2, 0.25) is 0 Å². The van der Waals surface area contributed by atoms with Crippen molar-refractivity contribution in [2.45, 2.75) is 13.8 Å². The second-order valence-electron chi connectivity index (χ2n) is 7.58. The van der Waals surface area contributed by atoms with Crippen LogP contribution in [0.15, 0.2) is 82.4 Å². The lowest BCUT2D eigenvalue weighted by molar-refractivity contribution is -0.114. The number of esters is 2. The van der Waals surface area contributed by atoms with Gasteiger partial charge in [0.2, 0.25) is 5.71 Å². The van der Waals surface area contributed by atoms with Gasteiger partial charge in [0, 0.05) is 15.8 Å². The van der Waals surface area contributed by atoms with Crippen molar-refractivity contribution in [3.63, 3.8) is 0 Å². The van der Waals surface area contributed by atoms with Crippen molar-refractivity contribution in [1.82, 2.24) is 0 Å². The molecule has 0 bridgehead atoms. The van der Waals surface area contributed by atoms with Gasteiger partial charge < -0.3 is 20.1 Å². The minimum Gasteiger partial charge on any atom is -0.462 e. The molecular weight excluding hydrogens is 556 g/mol. The maximum Gasteiger partial charge on any atom is 0.338 e. The number of hydrogen-bond donors (Lipinski definition) is 3. The molecule has 0 atom stereocenters. The summed E-state index contributed by atoms with van der Waals surface area (Å²) in [7, 11) is 0. The number of anilines is 3. The topological polar surface area (TPSA) is 135 Å². The first-order valence-corrected chi connectivity index (χ1v) is 12.4. The summed E-state index contributed by atoms with van der Waals surface area (Å²) >= 11 is 3.34. The van der Waals surface area contributed by atoms with Gasteiger partial charge in [0.15, 0.2) is 0 Å². The molecule has 196 valence electrons. The maximum atomic E-state index is 13.1. The van der Waals surface area contributed by atoms with Crippen LogP contribution in [0.5, 0.6) is 0 Å². The van der Waals surface area contributed by atoms with Gasteiger partial charge in [0.25, 0.3) is 11.8 Å². The minimum atomic E-state index is -0.792. The van der Waals surface area contributed by atoms with E-state index in [4.69, 9.17) is 9.47 Å². The monoisotopic (exact) mass is 580 g/mol. The fraction of sp³-hybridized carbons (Fsp3) is 0.148. The van der Waals surface area contributed by atoms with Gasteiger partial charge in [-0.3, -0.25) is 15.0 Å². The van der Waals surface area contributed by atoms with Gasteiger partial charge in [0.05, 0.1) is 30.0 Å². The molecule has 0 saturated carbocycles. The Bertz CT molecular complexity index is 1250. The van der Waals surface area contributed by atoms with E-state index in [1.165, 1.54) is 48.5 Å². The van der Waals surface area contributed by atoms with Gasteiger partial charge in [-0.05, 0) is 86.6 Å². The summed E-state index contributed by atoms with van der Waals surface area (Å²) < 4.78 is 10.8. The molecular formula is C27H25BrN4O6. The van der Waals surface area contributed by atoms with E-state index in [1.54, 1.807) is 38.1 Å². The molecule has 3 aromatic rings. The number of ether oxygens (including phenoxy) is 2. The number of hydrogen-bond acceptors (Lipinski definition) is 8. The Morgan fingerprint density at radius 1 is 0.658 bits per heavy atom. The predicted molar refractivity (Wildman–Crippen MR) is 147 cm³/mol. The smallest absolute Gasteiger partial charge is 0.338 e. The first-order valence-electron chi connectivity index (χ1n) is 11.6. The zero-order valence-corrected chi connectivity index (χ0v) is 22.2. The molecule has 0 heterocycles. The quantitative estimate of drug-likeness (QED) is 0.135. The molecule has 0 saturated heterocycles. The predicted octanol–water partition coefficient (Wildman–Crippen LogP) is 4.85. The molecule has 0 aliphatic carbocycles. The van der Waals surface area contributed by atoms with Crippen LogP contribution in [0, 0.1) is 0 Å². The zero-order chi connectivity index (χ0) is 27.5. The number of carbonyl (C=O) groups excluding carboxylic acids is 4. The van der Waals surface area contributed by atoms with E-state index < -0.39 is 29.5 Å². The van der Waals surface area contributed by atoms with Crippen LogP contribution in [0.3, 0.4) is 0 Å². The van der Waals surface area contributed by atoms with Crippen LogP contribution >= 0.6 is 15.9 Å². The Balaban J connectivity index is 1.79. The van der Waals surface area contributed by atoms with E-state index in [0.717, 1.165) is 4.47 Å². The third kappa shape index (κ3) is 8.00. The molecule has 11 heteroatoms. The van der Waals surface area contributed by atoms with E-state index in [2.05, 4.69) is 37.1 Å². The number of carbonyl (C=O) groups is 4. The molecule has 0 spiro atoms. The first-order chi connectivity index (χ1) is 18.3. The van der Waals surface area contributed by atoms with Gasteiger partial charge in [-0.2, -0.15) is 5.10 Å². The Morgan fingerprint density at radius 2 is 1.05 bits per heavy atom. The molecule has 0 radical (unpaired) electrons. The molecule has 0 aliphatic rings. The van der Waals surface area contributed by atoms with Gasteiger partial charge in [-0.1, -0.05) is 15.9 Å². The largest absolute Gasteiger partial charge is 0.462 e. The zero-order valence-electron chi connectivity index (χ0n) is 20.6. The summed E-state index contributed by atoms with van der Waals surface area (Å²) in [5, 5.41) is 9.23. The number of nitrogens with one attached hydrogen (secondary N) is 3. The third-order valence-electron chi connectivity index (χ3n) is 4.88. The maximum absolute atomic E-state index is 13.1. The van der Waals surface area contributed by atoms with Gasteiger partial charge in [-0.25, -0.2) is 9.59 Å². The van der Waals surface area contributed by atoms with Crippen LogP contribution in [-0.2, 0) is 19.1 Å². The van der Waals surface area contributed by atoms with Crippen LogP contribution < -0.4 is 16.1 Å². The molecule has 3 N–H and O–H groups in total. The van der Waals surface area contributed by atoms with Gasteiger partial charge >= 0.3 is 11.9 Å². The second kappa shape index (κ2) is 13.7. The highest BCUT2D eigenvalue weighted by atomic mass is 79.9. The number of halogens is 1. The molecule has 10 nitrogen and oxygen atoms in total. The van der Waals surface area contributed by atoms with Crippen LogP contribution in [0.1, 0.15) is 34.6 Å². The minimum absolute atomic E-state index is 0.239. The lowest BCUT2D eigenvalue weighted by atomic mass is 10.2. The standard InChI is InChI=1S/C27H25BrN4O6/c1-3-37-26(35)17-5-11-20(12-6-17)29-24(33)23(32-31-22-15-9-19(28)10-16-22)25(34)30-21-13-7-18(8-14-21)27(36)38-4-2/h5-16,31H,3-4H2,1-2H3,(H,29,33)(H,30,34). The van der Waals surface area contributed by atoms with E-state index in [-0.39, 0.29) is 13.2 Å². The number of amides is 2. The highest BCUT2D eigenvalue weighted by Gasteiger charge is 2.22. The summed E-state index contributed by atoms with van der Waals surface area (Å²) in [6.45, 7) is 3.89. The molecule has 0 aromatic heterocycles. The average molecular weight is 581 g/mol. The normalized spacial score (nSPS) is 10.1. The first kappa shape index (κ1) is 28.1. The highest BCUT2D eigenvalue weighted by molar-refractivity contribution is 9.10. The van der Waals surface area contributed by atoms with Crippen molar-refractivity contribution in [2.75, 3.05) is 29.3 Å². The van der Waals surface area contributed by atoms with Crippen molar-refractivity contribution in [3.8, 4) is 0 Å². The van der Waals surface area contributed by atoms with Gasteiger partial charge in [0.1, 0.15) is 0 Å². The van der Waals surface area contributed by atoms with E-state index >= 15 is 0 Å². The molecule has 0 unspecified atom stereocenters. The Kier molecular flexibility index (Phi) is 10.1. The Morgan fingerprint density at radius 3 is 1.45 bits per heavy atom. The fourth-order valence-electron chi connectivity index (χ4n) is 3.04. The highest BCUT2D eigenvalue weighted by Crippen LogP contribution is 2.15. The number of hydrazone groups is 1. The van der Waals surface area contributed by atoms with E-state index in [1.807, 2.05) is 0 Å². The Labute approximate surface area is 227 Å². The average Bonchev–Trinajstić information content (AvgIpc) is 2.91. The molecule has 2 amide bonds. The van der Waals surface area contributed by atoms with Crippen LogP contribution in [0.25, 0.3) is 0 Å². The number of benzene rings is 3. The molecule has 0 fully saturated rings. The summed E-state index contributed by atoms with van der Waals surface area (Å²) in [5.74, 6) is -2.56.